The average Bonchev–Trinajstić information content (AvgIpc) is 2.96. The fourth-order valence-electron chi connectivity index (χ4n) is 3.13. The summed E-state index contributed by atoms with van der Waals surface area (Å²) in [4.78, 5) is 2.13. The molecule has 1 aromatic rings. The first-order chi connectivity index (χ1) is 9.63. The zero-order chi connectivity index (χ0) is 15.5. The van der Waals surface area contributed by atoms with Crippen LogP contribution in [0.1, 0.15) is 18.5 Å². The summed E-state index contributed by atoms with van der Waals surface area (Å²) < 4.78 is 64.6. The lowest BCUT2D eigenvalue weighted by Gasteiger charge is -2.21. The van der Waals surface area contributed by atoms with Crippen LogP contribution in [-0.4, -0.2) is 48.7 Å². The molecule has 1 unspecified atom stereocenters. The van der Waals surface area contributed by atoms with Crippen LogP contribution in [0.5, 0.6) is 5.88 Å². The molecule has 0 aromatic carbocycles. The molecule has 3 heterocycles. The van der Waals surface area contributed by atoms with Crippen LogP contribution in [-0.2, 0) is 22.1 Å². The predicted molar refractivity (Wildman–Crippen MR) is 66.2 cm³/mol. The molecule has 3 rings (SSSR count). The molecule has 0 saturated carbocycles. The zero-order valence-corrected chi connectivity index (χ0v) is 12.0. The van der Waals surface area contributed by atoms with E-state index in [-0.39, 0.29) is 5.41 Å². The van der Waals surface area contributed by atoms with E-state index in [2.05, 4.69) is 14.2 Å². The molecular formula is C11H14F3N3O3S. The first-order valence-corrected chi connectivity index (χ1v) is 7.81. The van der Waals surface area contributed by atoms with E-state index >= 15 is 0 Å². The maximum Gasteiger partial charge on any atom is 0.534 e. The molecule has 1 atom stereocenters. The van der Waals surface area contributed by atoms with Crippen molar-refractivity contribution in [3.63, 3.8) is 0 Å². The molecule has 2 aliphatic heterocycles. The summed E-state index contributed by atoms with van der Waals surface area (Å²) in [6.45, 7) is 2.23. The van der Waals surface area contributed by atoms with Crippen molar-refractivity contribution in [3.05, 3.63) is 11.8 Å². The van der Waals surface area contributed by atoms with Gasteiger partial charge in [0.1, 0.15) is 0 Å². The second kappa shape index (κ2) is 4.35. The van der Waals surface area contributed by atoms with E-state index in [0.29, 0.717) is 6.54 Å². The molecule has 6 nitrogen and oxygen atoms in total. The Morgan fingerprint density at radius 3 is 2.57 bits per heavy atom. The van der Waals surface area contributed by atoms with Crippen LogP contribution in [0.3, 0.4) is 0 Å². The summed E-state index contributed by atoms with van der Waals surface area (Å²) in [5, 5.41) is 3.83. The number of aryl methyl sites for hydroxylation is 1. The van der Waals surface area contributed by atoms with Crippen LogP contribution >= 0.6 is 0 Å². The molecule has 21 heavy (non-hydrogen) atoms. The zero-order valence-electron chi connectivity index (χ0n) is 11.2. The molecule has 1 saturated heterocycles. The van der Waals surface area contributed by atoms with Crippen LogP contribution < -0.4 is 4.18 Å². The van der Waals surface area contributed by atoms with Crippen molar-refractivity contribution < 1.29 is 25.8 Å². The van der Waals surface area contributed by atoms with Gasteiger partial charge in [0, 0.05) is 30.3 Å². The highest BCUT2D eigenvalue weighted by Gasteiger charge is 2.50. The normalized spacial score (nSPS) is 26.5. The van der Waals surface area contributed by atoms with Gasteiger partial charge in [0.05, 0.1) is 0 Å². The van der Waals surface area contributed by atoms with E-state index in [1.54, 1.807) is 4.68 Å². The van der Waals surface area contributed by atoms with E-state index in [4.69, 9.17) is 0 Å². The summed E-state index contributed by atoms with van der Waals surface area (Å²) in [6, 6.07) is 1.31. The van der Waals surface area contributed by atoms with Crippen molar-refractivity contribution in [1.29, 1.82) is 0 Å². The molecule has 0 radical (unpaired) electrons. The van der Waals surface area contributed by atoms with Gasteiger partial charge < -0.3 is 9.08 Å². The van der Waals surface area contributed by atoms with Gasteiger partial charge in [-0.3, -0.25) is 4.68 Å². The molecule has 0 amide bonds. The number of nitrogens with zero attached hydrogens (tertiary/aromatic N) is 3. The van der Waals surface area contributed by atoms with E-state index in [1.165, 1.54) is 6.07 Å². The Morgan fingerprint density at radius 2 is 2.00 bits per heavy atom. The Labute approximate surface area is 119 Å². The van der Waals surface area contributed by atoms with Gasteiger partial charge >= 0.3 is 15.6 Å². The molecule has 0 aliphatic carbocycles. The van der Waals surface area contributed by atoms with Crippen LogP contribution in [0, 0.1) is 0 Å². The Kier molecular flexibility index (Phi) is 3.04. The first-order valence-electron chi connectivity index (χ1n) is 6.41. The number of fused-ring (bicyclic) bond motifs is 2. The Hall–Kier alpha value is -1.29. The summed E-state index contributed by atoms with van der Waals surface area (Å²) in [7, 11) is -3.70. The lowest BCUT2D eigenvalue weighted by Crippen LogP contribution is -2.28. The van der Waals surface area contributed by atoms with Gasteiger partial charge in [0.15, 0.2) is 0 Å². The third kappa shape index (κ3) is 2.30. The molecule has 0 N–H and O–H groups in total. The van der Waals surface area contributed by atoms with Gasteiger partial charge in [-0.05, 0) is 26.4 Å². The maximum atomic E-state index is 12.3. The number of likely N-dealkylation sites (tertiary alicyclic amines) is 1. The number of hydrogen-bond acceptors (Lipinski definition) is 5. The molecule has 1 aromatic heterocycles. The molecular weight excluding hydrogens is 311 g/mol. The topological polar surface area (TPSA) is 64.4 Å². The smallest absolute Gasteiger partial charge is 0.354 e. The van der Waals surface area contributed by atoms with Crippen LogP contribution in [0.2, 0.25) is 0 Å². The number of alkyl halides is 3. The third-order valence-corrected chi connectivity index (χ3v) is 5.08. The Morgan fingerprint density at radius 1 is 1.33 bits per heavy atom. The Balaban J connectivity index is 1.88. The number of rotatable bonds is 2. The van der Waals surface area contributed by atoms with Crippen molar-refractivity contribution in [1.82, 2.24) is 14.7 Å². The van der Waals surface area contributed by atoms with Crippen molar-refractivity contribution in [2.75, 3.05) is 20.1 Å². The molecule has 118 valence electrons. The minimum atomic E-state index is -5.67. The second-order valence-corrected chi connectivity index (χ2v) is 7.13. The molecule has 10 heteroatoms. The standard InChI is InChI=1S/C11H14F3N3O3S/c1-16-4-2-10(7-16)3-5-17-8(10)6-9(15-17)20-21(18,19)11(12,13)14/h6H,2-5,7H2,1H3. The Bertz CT molecular complexity index is 670. The lowest BCUT2D eigenvalue weighted by atomic mass is 9.83. The number of halogens is 3. The van der Waals surface area contributed by atoms with Gasteiger partial charge in [-0.25, -0.2) is 0 Å². The molecule has 1 spiro atoms. The number of aromatic nitrogens is 2. The second-order valence-electron chi connectivity index (χ2n) is 5.59. The monoisotopic (exact) mass is 325 g/mol. The molecule has 1 fully saturated rings. The van der Waals surface area contributed by atoms with E-state index in [1.807, 2.05) is 7.05 Å². The SMILES string of the molecule is CN1CCC2(CCn3nc(OS(=O)(=O)C(F)(F)F)cc32)C1. The van der Waals surface area contributed by atoms with Crippen LogP contribution in [0.4, 0.5) is 13.2 Å². The van der Waals surface area contributed by atoms with E-state index < -0.39 is 21.5 Å². The van der Waals surface area contributed by atoms with Gasteiger partial charge in [-0.1, -0.05) is 0 Å². The quantitative estimate of drug-likeness (QED) is 0.602. The highest BCUT2D eigenvalue weighted by Crippen LogP contribution is 2.43. The maximum absolute atomic E-state index is 12.3. The summed E-state index contributed by atoms with van der Waals surface area (Å²) >= 11 is 0. The number of likely N-dealkylation sites (N-methyl/N-ethyl adjacent to an activating group) is 1. The van der Waals surface area contributed by atoms with Gasteiger partial charge in [-0.2, -0.15) is 21.6 Å². The minimum Gasteiger partial charge on any atom is -0.354 e. The largest absolute Gasteiger partial charge is 0.534 e. The fourth-order valence-corrected chi connectivity index (χ4v) is 3.53. The highest BCUT2D eigenvalue weighted by atomic mass is 32.2. The van der Waals surface area contributed by atoms with E-state index in [0.717, 1.165) is 31.6 Å². The summed E-state index contributed by atoms with van der Waals surface area (Å²) in [5.41, 5.74) is -4.86. The van der Waals surface area contributed by atoms with E-state index in [9.17, 15) is 21.6 Å². The third-order valence-electron chi connectivity index (χ3n) is 4.13. The number of hydrogen-bond donors (Lipinski definition) is 0. The molecule has 0 bridgehead atoms. The predicted octanol–water partition coefficient (Wildman–Crippen LogP) is 1.09. The van der Waals surface area contributed by atoms with Gasteiger partial charge in [-0.15, -0.1) is 5.10 Å². The van der Waals surface area contributed by atoms with Crippen molar-refractivity contribution in [3.8, 4) is 5.88 Å². The highest BCUT2D eigenvalue weighted by molar-refractivity contribution is 7.87. The van der Waals surface area contributed by atoms with Crippen molar-refractivity contribution in [2.24, 2.45) is 0 Å². The minimum absolute atomic E-state index is 0.161. The van der Waals surface area contributed by atoms with Crippen LogP contribution in [0.15, 0.2) is 6.07 Å². The lowest BCUT2D eigenvalue weighted by molar-refractivity contribution is -0.0501. The average molecular weight is 325 g/mol. The van der Waals surface area contributed by atoms with Crippen molar-refractivity contribution in [2.45, 2.75) is 30.3 Å². The molecule has 2 aliphatic rings. The van der Waals surface area contributed by atoms with Crippen molar-refractivity contribution >= 4 is 10.1 Å². The van der Waals surface area contributed by atoms with Crippen LogP contribution in [0.25, 0.3) is 0 Å². The summed E-state index contributed by atoms with van der Waals surface area (Å²) in [6.07, 6.45) is 1.73. The fraction of sp³-hybridized carbons (Fsp3) is 0.727. The first kappa shape index (κ1) is 14.6. The van der Waals surface area contributed by atoms with Gasteiger partial charge in [0.25, 0.3) is 5.88 Å². The van der Waals surface area contributed by atoms with Gasteiger partial charge in [0.2, 0.25) is 0 Å². The summed E-state index contributed by atoms with van der Waals surface area (Å²) in [5.74, 6) is -0.518.